The lowest BCUT2D eigenvalue weighted by Crippen LogP contribution is -2.47. The van der Waals surface area contributed by atoms with Gasteiger partial charge < -0.3 is 4.90 Å². The molecule has 0 atom stereocenters. The Morgan fingerprint density at radius 3 is 2.74 bits per heavy atom. The van der Waals surface area contributed by atoms with E-state index in [4.69, 9.17) is 0 Å². The van der Waals surface area contributed by atoms with Crippen molar-refractivity contribution in [3.63, 3.8) is 0 Å². The van der Waals surface area contributed by atoms with Crippen molar-refractivity contribution in [3.05, 3.63) is 28.4 Å². The van der Waals surface area contributed by atoms with Gasteiger partial charge in [-0.05, 0) is 12.5 Å². The molecule has 0 amide bonds. The second-order valence-corrected chi connectivity index (χ2v) is 4.47. The highest BCUT2D eigenvalue weighted by atomic mass is 19.1. The van der Waals surface area contributed by atoms with Gasteiger partial charge >= 0.3 is 5.69 Å². The smallest absolute Gasteiger partial charge is 0.311 e. The minimum Gasteiger partial charge on any atom is -0.348 e. The van der Waals surface area contributed by atoms with E-state index in [9.17, 15) is 14.5 Å². The number of anilines is 1. The van der Waals surface area contributed by atoms with Crippen LogP contribution in [0, 0.1) is 10.1 Å². The van der Waals surface area contributed by atoms with Crippen molar-refractivity contribution in [1.82, 2.24) is 9.88 Å². The van der Waals surface area contributed by atoms with Crippen LogP contribution in [0.3, 0.4) is 0 Å². The third-order valence-corrected chi connectivity index (χ3v) is 3.24. The first-order valence-electron chi connectivity index (χ1n) is 6.35. The number of nitro groups is 1. The summed E-state index contributed by atoms with van der Waals surface area (Å²) in [5, 5.41) is 11.0. The normalized spacial score (nSPS) is 16.6. The fourth-order valence-electron chi connectivity index (χ4n) is 2.24. The van der Waals surface area contributed by atoms with Gasteiger partial charge in [0.1, 0.15) is 0 Å². The predicted molar refractivity (Wildman–Crippen MR) is 70.1 cm³/mol. The molecular formula is C12H17FN4O2. The first kappa shape index (κ1) is 13.7. The maximum Gasteiger partial charge on any atom is 0.311 e. The minimum atomic E-state index is -0.405. The van der Waals surface area contributed by atoms with Crippen LogP contribution < -0.4 is 4.90 Å². The average Bonchev–Trinajstić information content (AvgIpc) is 2.45. The van der Waals surface area contributed by atoms with E-state index in [1.807, 2.05) is 4.90 Å². The Kier molecular flexibility index (Phi) is 4.62. The van der Waals surface area contributed by atoms with Gasteiger partial charge in [-0.25, -0.2) is 4.98 Å². The lowest BCUT2D eigenvalue weighted by molar-refractivity contribution is -0.384. The zero-order chi connectivity index (χ0) is 13.7. The highest BCUT2D eigenvalue weighted by molar-refractivity contribution is 5.57. The van der Waals surface area contributed by atoms with Crippen molar-refractivity contribution in [2.24, 2.45) is 0 Å². The molecule has 6 nitrogen and oxygen atoms in total. The predicted octanol–water partition coefficient (Wildman–Crippen LogP) is 1.47. The molecule has 1 aromatic rings. The molecule has 0 radical (unpaired) electrons. The first-order valence-corrected chi connectivity index (χ1v) is 6.35. The maximum atomic E-state index is 12.1. The van der Waals surface area contributed by atoms with Gasteiger partial charge in [-0.2, -0.15) is 0 Å². The molecule has 1 aliphatic rings. The maximum absolute atomic E-state index is 12.1. The number of piperazine rings is 1. The first-order chi connectivity index (χ1) is 9.22. The molecule has 7 heteroatoms. The quantitative estimate of drug-likeness (QED) is 0.598. The molecule has 0 unspecified atom stereocenters. The molecule has 0 spiro atoms. The highest BCUT2D eigenvalue weighted by Crippen LogP contribution is 2.25. The van der Waals surface area contributed by atoms with Gasteiger partial charge in [0.2, 0.25) is 5.82 Å². The van der Waals surface area contributed by atoms with Crippen LogP contribution in [0.25, 0.3) is 0 Å². The summed E-state index contributed by atoms with van der Waals surface area (Å²) in [5.74, 6) is 0.428. The van der Waals surface area contributed by atoms with Gasteiger partial charge in [-0.15, -0.1) is 0 Å². The lowest BCUT2D eigenvalue weighted by atomic mass is 10.2. The summed E-state index contributed by atoms with van der Waals surface area (Å²) < 4.78 is 12.1. The summed E-state index contributed by atoms with van der Waals surface area (Å²) in [6, 6.07) is 3.04. The lowest BCUT2D eigenvalue weighted by Gasteiger charge is -2.34. The molecule has 104 valence electrons. The van der Waals surface area contributed by atoms with Crippen LogP contribution in [-0.4, -0.2) is 54.2 Å². The number of alkyl halides is 1. The average molecular weight is 268 g/mol. The zero-order valence-electron chi connectivity index (χ0n) is 10.7. The molecule has 2 heterocycles. The Hall–Kier alpha value is -1.76. The van der Waals surface area contributed by atoms with E-state index in [2.05, 4.69) is 9.88 Å². The summed E-state index contributed by atoms with van der Waals surface area (Å²) in [5.41, 5.74) is 0.0414. The monoisotopic (exact) mass is 268 g/mol. The van der Waals surface area contributed by atoms with E-state index in [-0.39, 0.29) is 12.4 Å². The van der Waals surface area contributed by atoms with E-state index in [0.717, 1.165) is 19.6 Å². The van der Waals surface area contributed by atoms with Crippen molar-refractivity contribution in [2.75, 3.05) is 44.3 Å². The number of hydrogen-bond acceptors (Lipinski definition) is 5. The van der Waals surface area contributed by atoms with Crippen LogP contribution in [0.15, 0.2) is 18.3 Å². The number of rotatable bonds is 5. The van der Waals surface area contributed by atoms with Gasteiger partial charge in [0.05, 0.1) is 11.6 Å². The van der Waals surface area contributed by atoms with Crippen LogP contribution in [0.4, 0.5) is 15.9 Å². The van der Waals surface area contributed by atoms with Gasteiger partial charge in [-0.1, -0.05) is 0 Å². The second-order valence-electron chi connectivity index (χ2n) is 4.47. The number of pyridine rings is 1. The molecule has 0 aliphatic carbocycles. The molecule has 2 rings (SSSR count). The van der Waals surface area contributed by atoms with Crippen molar-refractivity contribution in [2.45, 2.75) is 6.42 Å². The van der Waals surface area contributed by atoms with E-state index in [0.29, 0.717) is 25.3 Å². The van der Waals surface area contributed by atoms with Crippen LogP contribution in [0.2, 0.25) is 0 Å². The zero-order valence-corrected chi connectivity index (χ0v) is 10.7. The number of halogens is 1. The number of aromatic nitrogens is 1. The third-order valence-electron chi connectivity index (χ3n) is 3.24. The molecule has 0 N–H and O–H groups in total. The third kappa shape index (κ3) is 3.37. The van der Waals surface area contributed by atoms with Gasteiger partial charge in [0, 0.05) is 45.0 Å². The fraction of sp³-hybridized carbons (Fsp3) is 0.583. The van der Waals surface area contributed by atoms with Crippen molar-refractivity contribution >= 4 is 11.5 Å². The second kappa shape index (κ2) is 6.42. The summed E-state index contributed by atoms with van der Waals surface area (Å²) in [4.78, 5) is 18.8. The molecular weight excluding hydrogens is 251 g/mol. The molecule has 0 aromatic carbocycles. The SMILES string of the molecule is O=[N+]([O-])c1cccnc1N1CCN(CCCF)CC1. The summed E-state index contributed by atoms with van der Waals surface area (Å²) in [6.07, 6.45) is 2.11. The van der Waals surface area contributed by atoms with E-state index < -0.39 is 4.92 Å². The Morgan fingerprint density at radius 1 is 1.37 bits per heavy atom. The molecule has 1 aliphatic heterocycles. The Morgan fingerprint density at radius 2 is 2.11 bits per heavy atom. The highest BCUT2D eigenvalue weighted by Gasteiger charge is 2.24. The van der Waals surface area contributed by atoms with E-state index >= 15 is 0 Å². The number of nitrogens with zero attached hydrogens (tertiary/aromatic N) is 4. The standard InChI is InChI=1S/C12H17FN4O2/c13-4-2-6-15-7-9-16(10-8-15)12-11(17(18)19)3-1-5-14-12/h1,3,5H,2,4,6-10H2. The fourth-order valence-corrected chi connectivity index (χ4v) is 2.24. The summed E-state index contributed by atoms with van der Waals surface area (Å²) >= 11 is 0. The van der Waals surface area contributed by atoms with Gasteiger partial charge in [0.25, 0.3) is 0 Å². The van der Waals surface area contributed by atoms with Crippen LogP contribution in [-0.2, 0) is 0 Å². The van der Waals surface area contributed by atoms with Gasteiger partial charge in [0.15, 0.2) is 0 Å². The topological polar surface area (TPSA) is 62.5 Å². The molecule has 0 saturated carbocycles. The minimum absolute atomic E-state index is 0.0414. The molecule has 1 saturated heterocycles. The summed E-state index contributed by atoms with van der Waals surface area (Å²) in [7, 11) is 0. The molecule has 0 bridgehead atoms. The Bertz CT molecular complexity index is 435. The Balaban J connectivity index is 2.00. The van der Waals surface area contributed by atoms with Crippen molar-refractivity contribution < 1.29 is 9.31 Å². The molecule has 1 fully saturated rings. The van der Waals surface area contributed by atoms with Crippen LogP contribution in [0.5, 0.6) is 0 Å². The van der Waals surface area contributed by atoms with E-state index in [1.54, 1.807) is 12.3 Å². The van der Waals surface area contributed by atoms with Crippen molar-refractivity contribution in [3.8, 4) is 0 Å². The largest absolute Gasteiger partial charge is 0.348 e. The van der Waals surface area contributed by atoms with E-state index in [1.165, 1.54) is 6.07 Å². The number of hydrogen-bond donors (Lipinski definition) is 0. The summed E-state index contributed by atoms with van der Waals surface area (Å²) in [6.45, 7) is 3.39. The Labute approximate surface area is 111 Å². The van der Waals surface area contributed by atoms with Crippen molar-refractivity contribution in [1.29, 1.82) is 0 Å². The van der Waals surface area contributed by atoms with Crippen LogP contribution >= 0.6 is 0 Å². The molecule has 1 aromatic heterocycles. The van der Waals surface area contributed by atoms with Gasteiger partial charge in [-0.3, -0.25) is 19.4 Å². The molecule has 19 heavy (non-hydrogen) atoms. The van der Waals surface area contributed by atoms with Crippen LogP contribution in [0.1, 0.15) is 6.42 Å².